The van der Waals surface area contributed by atoms with Crippen LogP contribution in [0.5, 0.6) is 5.75 Å². The lowest BCUT2D eigenvalue weighted by molar-refractivity contribution is -0.120. The Morgan fingerprint density at radius 2 is 1.45 bits per heavy atom. The average Bonchev–Trinajstić information content (AvgIpc) is 2.86. The van der Waals surface area contributed by atoms with Crippen LogP contribution >= 0.6 is 34.8 Å². The quantitative estimate of drug-likeness (QED) is 0.268. The van der Waals surface area contributed by atoms with Crippen molar-refractivity contribution in [3.05, 3.63) is 104 Å². The minimum Gasteiger partial charge on any atom is -0.492 e. The minimum absolute atomic E-state index is 0.114. The van der Waals surface area contributed by atoms with E-state index < -0.39 is 5.92 Å². The van der Waals surface area contributed by atoms with Gasteiger partial charge in [-0.05, 0) is 117 Å². The van der Waals surface area contributed by atoms with Crippen LogP contribution in [-0.2, 0) is 9.59 Å². The number of carbonyl (C=O) groups excluding carboxylic acids is 2. The summed E-state index contributed by atoms with van der Waals surface area (Å²) in [5, 5.41) is 4.52. The highest BCUT2D eigenvalue weighted by Gasteiger charge is 2.32. The maximum atomic E-state index is 13.6. The highest BCUT2D eigenvalue weighted by molar-refractivity contribution is 6.35. The number of nitrogens with zero attached hydrogens (tertiary/aromatic N) is 1. The molecule has 40 heavy (non-hydrogen) atoms. The highest BCUT2D eigenvalue weighted by Crippen LogP contribution is 2.34. The zero-order chi connectivity index (χ0) is 28.8. The predicted octanol–water partition coefficient (Wildman–Crippen LogP) is 7.98. The van der Waals surface area contributed by atoms with Gasteiger partial charge in [0.15, 0.2) is 5.78 Å². The smallest absolute Gasteiger partial charge is 0.228 e. The number of anilines is 1. The number of rotatable bonds is 8. The van der Waals surface area contributed by atoms with Crippen LogP contribution in [-0.4, -0.2) is 43.8 Å². The van der Waals surface area contributed by atoms with Crippen LogP contribution < -0.4 is 10.1 Å². The summed E-state index contributed by atoms with van der Waals surface area (Å²) in [6, 6.07) is 18.0. The van der Waals surface area contributed by atoms with Gasteiger partial charge in [-0.15, -0.1) is 0 Å². The fourth-order valence-corrected chi connectivity index (χ4v) is 5.40. The first-order valence-electron chi connectivity index (χ1n) is 12.9. The van der Waals surface area contributed by atoms with Gasteiger partial charge in [0.1, 0.15) is 12.4 Å². The number of hydrogen-bond donors (Lipinski definition) is 1. The van der Waals surface area contributed by atoms with Crippen molar-refractivity contribution >= 4 is 64.3 Å². The number of ketones is 1. The van der Waals surface area contributed by atoms with Crippen LogP contribution in [0.1, 0.15) is 29.5 Å². The molecule has 1 fully saturated rings. The molecule has 1 aliphatic carbocycles. The maximum Gasteiger partial charge on any atom is 0.228 e. The molecule has 0 aliphatic heterocycles. The van der Waals surface area contributed by atoms with E-state index in [9.17, 15) is 9.59 Å². The topological polar surface area (TPSA) is 58.6 Å². The Labute approximate surface area is 250 Å². The van der Waals surface area contributed by atoms with Gasteiger partial charge in [-0.2, -0.15) is 0 Å². The highest BCUT2D eigenvalue weighted by atomic mass is 35.5. The normalized spacial score (nSPS) is 17.5. The number of nitrogens with one attached hydrogen (secondary N) is 1. The second-order valence-corrected chi connectivity index (χ2v) is 11.5. The van der Waals surface area contributed by atoms with Crippen molar-refractivity contribution in [1.29, 1.82) is 0 Å². The van der Waals surface area contributed by atoms with Gasteiger partial charge in [0, 0.05) is 44.4 Å². The van der Waals surface area contributed by atoms with E-state index in [1.807, 2.05) is 68.4 Å². The predicted molar refractivity (Wildman–Crippen MR) is 165 cm³/mol. The molecule has 5 nitrogen and oxygen atoms in total. The fourth-order valence-electron chi connectivity index (χ4n) is 4.56. The van der Waals surface area contributed by atoms with Crippen molar-refractivity contribution in [3.63, 3.8) is 0 Å². The largest absolute Gasteiger partial charge is 0.492 e. The molecule has 1 amide bonds. The molecule has 0 aromatic heterocycles. The third-order valence-corrected chi connectivity index (χ3v) is 7.10. The van der Waals surface area contributed by atoms with Gasteiger partial charge >= 0.3 is 0 Å². The summed E-state index contributed by atoms with van der Waals surface area (Å²) >= 11 is 18.7. The van der Waals surface area contributed by atoms with Crippen molar-refractivity contribution in [3.8, 4) is 5.75 Å². The molecule has 1 aliphatic rings. The molecule has 1 saturated carbocycles. The lowest BCUT2D eigenvalue weighted by Crippen LogP contribution is -2.30. The van der Waals surface area contributed by atoms with E-state index in [-0.39, 0.29) is 18.1 Å². The average molecular weight is 598 g/mol. The molecule has 0 saturated heterocycles. The zero-order valence-corrected chi connectivity index (χ0v) is 24.9. The molecule has 1 atom stereocenters. The van der Waals surface area contributed by atoms with Crippen molar-refractivity contribution in [2.24, 2.45) is 5.92 Å². The molecule has 208 valence electrons. The van der Waals surface area contributed by atoms with Gasteiger partial charge in [-0.25, -0.2) is 0 Å². The molecule has 1 N–H and O–H groups in total. The van der Waals surface area contributed by atoms with E-state index in [2.05, 4.69) is 5.32 Å². The van der Waals surface area contributed by atoms with Gasteiger partial charge in [0.05, 0.1) is 0 Å². The number of aryl methyl sites for hydroxylation is 1. The third kappa shape index (κ3) is 8.45. The van der Waals surface area contributed by atoms with Crippen LogP contribution in [0.2, 0.25) is 15.1 Å². The molecule has 4 rings (SSSR count). The van der Waals surface area contributed by atoms with Gasteiger partial charge in [-0.3, -0.25) is 9.59 Å². The number of benzene rings is 3. The summed E-state index contributed by atoms with van der Waals surface area (Å²) in [4.78, 5) is 29.1. The second kappa shape index (κ2) is 13.5. The number of allylic oxidation sites excluding steroid dienone is 2. The second-order valence-electron chi connectivity index (χ2n) is 10.2. The first kappa shape index (κ1) is 29.9. The lowest BCUT2D eigenvalue weighted by atomic mass is 9.79. The number of amides is 1. The number of halogens is 3. The molecule has 3 aromatic rings. The molecule has 0 radical (unpaired) electrons. The van der Waals surface area contributed by atoms with Gasteiger partial charge in [0.25, 0.3) is 0 Å². The standard InChI is InChI=1S/C32H31Cl3N2O3/c1-20-10-21(14-26(33)11-20)12-23-17-25(18-24(31(23)38)13-22-15-27(34)19-28(35)16-22)32(39)36-29-4-6-30(7-5-29)40-9-8-37(2)3/h4-7,10-16,19,25H,8-9,17-18H2,1-3H3,(H,36,39)/b23-12+,24-13+. The van der Waals surface area contributed by atoms with Crippen molar-refractivity contribution in [2.45, 2.75) is 19.8 Å². The van der Waals surface area contributed by atoms with E-state index in [0.717, 1.165) is 23.4 Å². The summed E-state index contributed by atoms with van der Waals surface area (Å²) in [6.45, 7) is 3.32. The van der Waals surface area contributed by atoms with E-state index in [0.29, 0.717) is 50.5 Å². The van der Waals surface area contributed by atoms with Crippen LogP contribution in [0.25, 0.3) is 12.2 Å². The number of hydrogen-bond acceptors (Lipinski definition) is 4. The Morgan fingerprint density at radius 3 is 2.00 bits per heavy atom. The molecule has 1 unspecified atom stereocenters. The first-order valence-corrected chi connectivity index (χ1v) is 14.1. The van der Waals surface area contributed by atoms with Gasteiger partial charge in [-0.1, -0.05) is 40.9 Å². The summed E-state index contributed by atoms with van der Waals surface area (Å²) in [5.41, 5.74) is 4.20. The van der Waals surface area contributed by atoms with Crippen molar-refractivity contribution < 1.29 is 14.3 Å². The Bertz CT molecular complexity index is 1350. The van der Waals surface area contributed by atoms with Crippen LogP contribution in [0.3, 0.4) is 0 Å². The zero-order valence-electron chi connectivity index (χ0n) is 22.6. The van der Waals surface area contributed by atoms with Crippen molar-refractivity contribution in [2.75, 3.05) is 32.6 Å². The molecule has 0 heterocycles. The number of carbonyl (C=O) groups is 2. The van der Waals surface area contributed by atoms with Crippen LogP contribution in [0.4, 0.5) is 5.69 Å². The Morgan fingerprint density at radius 1 is 0.900 bits per heavy atom. The molecule has 3 aromatic carbocycles. The Balaban J connectivity index is 1.59. The molecular formula is C32H31Cl3N2O3. The van der Waals surface area contributed by atoms with Gasteiger partial charge in [0.2, 0.25) is 5.91 Å². The van der Waals surface area contributed by atoms with E-state index in [1.54, 1.807) is 30.3 Å². The lowest BCUT2D eigenvalue weighted by Gasteiger charge is -2.25. The summed E-state index contributed by atoms with van der Waals surface area (Å²) < 4.78 is 5.74. The van der Waals surface area contributed by atoms with Crippen LogP contribution in [0, 0.1) is 12.8 Å². The van der Waals surface area contributed by atoms with Gasteiger partial charge < -0.3 is 15.0 Å². The molecule has 0 spiro atoms. The molecule has 8 heteroatoms. The minimum atomic E-state index is -0.457. The molecular weight excluding hydrogens is 567 g/mol. The van der Waals surface area contributed by atoms with Crippen molar-refractivity contribution in [1.82, 2.24) is 4.90 Å². The summed E-state index contributed by atoms with van der Waals surface area (Å²) in [6.07, 6.45) is 4.16. The number of likely N-dealkylation sites (N-methyl/N-ethyl adjacent to an activating group) is 1. The first-order chi connectivity index (χ1) is 19.0. The van der Waals surface area contributed by atoms with E-state index >= 15 is 0 Å². The Kier molecular flexibility index (Phi) is 10.1. The number of ether oxygens (including phenoxy) is 1. The summed E-state index contributed by atoms with van der Waals surface area (Å²) in [5.74, 6) is -0.00863. The SMILES string of the molecule is Cc1cc(Cl)cc(/C=C2\CC(C(=O)Nc3ccc(OCCN(C)C)cc3)C/C(=C\c3cc(Cl)cc(Cl)c3)C2=O)c1. The van der Waals surface area contributed by atoms with Crippen LogP contribution in [0.15, 0.2) is 71.8 Å². The maximum absolute atomic E-state index is 13.6. The molecule has 0 bridgehead atoms. The Hall–Kier alpha value is -3.09. The van der Waals surface area contributed by atoms with E-state index in [1.165, 1.54) is 0 Å². The third-order valence-electron chi connectivity index (χ3n) is 6.45. The monoisotopic (exact) mass is 596 g/mol. The fraction of sp³-hybridized carbons (Fsp3) is 0.250. The number of Topliss-reactive ketones (excluding diaryl/α,β-unsaturated/α-hetero) is 1. The van der Waals surface area contributed by atoms with E-state index in [4.69, 9.17) is 39.5 Å². The summed E-state index contributed by atoms with van der Waals surface area (Å²) in [7, 11) is 3.98.